The van der Waals surface area contributed by atoms with Gasteiger partial charge in [-0.15, -0.1) is 0 Å². The van der Waals surface area contributed by atoms with Gasteiger partial charge >= 0.3 is 0 Å². The molecule has 0 radical (unpaired) electrons. The molecule has 1 aromatic heterocycles. The maximum absolute atomic E-state index is 12.9. The molecule has 3 nitrogen and oxygen atoms in total. The fourth-order valence-electron chi connectivity index (χ4n) is 2.77. The Bertz CT molecular complexity index is 548. The maximum atomic E-state index is 12.9. The van der Waals surface area contributed by atoms with E-state index in [0.29, 0.717) is 6.04 Å². The van der Waals surface area contributed by atoms with Crippen LogP contribution in [-0.2, 0) is 6.54 Å². The van der Waals surface area contributed by atoms with Crippen LogP contribution in [0.25, 0.3) is 0 Å². The van der Waals surface area contributed by atoms with Crippen molar-refractivity contribution in [2.75, 3.05) is 18.4 Å². The van der Waals surface area contributed by atoms with Crippen molar-refractivity contribution < 1.29 is 4.39 Å². The van der Waals surface area contributed by atoms with E-state index < -0.39 is 0 Å². The van der Waals surface area contributed by atoms with Gasteiger partial charge in [-0.25, -0.2) is 4.39 Å². The highest BCUT2D eigenvalue weighted by molar-refractivity contribution is 5.43. The second-order valence-electron chi connectivity index (χ2n) is 5.56. The molecule has 110 valence electrons. The minimum absolute atomic E-state index is 0.188. The zero-order valence-corrected chi connectivity index (χ0v) is 12.0. The number of hydrogen-bond donors (Lipinski definition) is 1. The number of benzene rings is 1. The molecule has 0 bridgehead atoms. The highest BCUT2D eigenvalue weighted by Crippen LogP contribution is 2.18. The van der Waals surface area contributed by atoms with Gasteiger partial charge in [0, 0.05) is 43.8 Å². The molecule has 1 saturated heterocycles. The van der Waals surface area contributed by atoms with E-state index in [9.17, 15) is 4.39 Å². The van der Waals surface area contributed by atoms with E-state index in [0.717, 1.165) is 38.2 Å². The molecule has 3 rings (SSSR count). The van der Waals surface area contributed by atoms with Gasteiger partial charge in [0.25, 0.3) is 0 Å². The summed E-state index contributed by atoms with van der Waals surface area (Å²) in [5, 5.41) is 3.49. The summed E-state index contributed by atoms with van der Waals surface area (Å²) in [4.78, 5) is 6.62. The number of anilines is 1. The Labute approximate surface area is 124 Å². The Balaban J connectivity index is 1.47. The molecule has 1 aliphatic rings. The average molecular weight is 285 g/mol. The largest absolute Gasteiger partial charge is 0.382 e. The number of nitrogens with one attached hydrogen (secondary N) is 1. The molecule has 1 aliphatic heterocycles. The smallest absolute Gasteiger partial charge is 0.123 e. The Hall–Kier alpha value is -1.94. The summed E-state index contributed by atoms with van der Waals surface area (Å²) >= 11 is 0. The van der Waals surface area contributed by atoms with Gasteiger partial charge in [0.2, 0.25) is 0 Å². The SMILES string of the molecule is Fc1ccc(NC2CCN(Cc3cccnc3)CC2)cc1. The van der Waals surface area contributed by atoms with Crippen molar-refractivity contribution in [3.63, 3.8) is 0 Å². The van der Waals surface area contributed by atoms with Crippen molar-refractivity contribution in [1.82, 2.24) is 9.88 Å². The summed E-state index contributed by atoms with van der Waals surface area (Å²) in [5.74, 6) is -0.188. The van der Waals surface area contributed by atoms with Gasteiger partial charge in [-0.05, 0) is 48.7 Å². The fraction of sp³-hybridized carbons (Fsp3) is 0.353. The number of piperidine rings is 1. The summed E-state index contributed by atoms with van der Waals surface area (Å²) in [5.41, 5.74) is 2.27. The van der Waals surface area contributed by atoms with Crippen LogP contribution in [0.1, 0.15) is 18.4 Å². The molecule has 21 heavy (non-hydrogen) atoms. The Morgan fingerprint density at radius 3 is 2.57 bits per heavy atom. The quantitative estimate of drug-likeness (QED) is 0.934. The molecule has 1 N–H and O–H groups in total. The van der Waals surface area contributed by atoms with E-state index in [1.165, 1.54) is 17.7 Å². The first-order valence-electron chi connectivity index (χ1n) is 7.43. The van der Waals surface area contributed by atoms with Crippen LogP contribution < -0.4 is 5.32 Å². The molecule has 0 unspecified atom stereocenters. The van der Waals surface area contributed by atoms with Gasteiger partial charge < -0.3 is 5.32 Å². The van der Waals surface area contributed by atoms with Crippen LogP contribution in [0.5, 0.6) is 0 Å². The monoisotopic (exact) mass is 285 g/mol. The molecule has 1 aromatic carbocycles. The van der Waals surface area contributed by atoms with Gasteiger partial charge in [0.1, 0.15) is 5.82 Å². The molecular formula is C17H20FN3. The Morgan fingerprint density at radius 2 is 1.90 bits per heavy atom. The van der Waals surface area contributed by atoms with Gasteiger partial charge in [0.15, 0.2) is 0 Å². The highest BCUT2D eigenvalue weighted by Gasteiger charge is 2.19. The Morgan fingerprint density at radius 1 is 1.14 bits per heavy atom. The van der Waals surface area contributed by atoms with Crippen LogP contribution in [-0.4, -0.2) is 29.0 Å². The number of pyridine rings is 1. The van der Waals surface area contributed by atoms with Crippen LogP contribution in [0.3, 0.4) is 0 Å². The number of halogens is 1. The third-order valence-electron chi connectivity index (χ3n) is 3.93. The van der Waals surface area contributed by atoms with E-state index in [4.69, 9.17) is 0 Å². The van der Waals surface area contributed by atoms with E-state index in [2.05, 4.69) is 21.3 Å². The first-order valence-corrected chi connectivity index (χ1v) is 7.43. The van der Waals surface area contributed by atoms with Crippen molar-refractivity contribution in [1.29, 1.82) is 0 Å². The van der Waals surface area contributed by atoms with Gasteiger partial charge in [-0.3, -0.25) is 9.88 Å². The van der Waals surface area contributed by atoms with Crippen molar-refractivity contribution >= 4 is 5.69 Å². The first kappa shape index (κ1) is 14.0. The normalized spacial score (nSPS) is 16.8. The summed E-state index contributed by atoms with van der Waals surface area (Å²) in [6, 6.07) is 11.2. The predicted molar refractivity (Wildman–Crippen MR) is 82.6 cm³/mol. The van der Waals surface area contributed by atoms with Crippen molar-refractivity contribution in [2.24, 2.45) is 0 Å². The summed E-state index contributed by atoms with van der Waals surface area (Å²) in [7, 11) is 0. The lowest BCUT2D eigenvalue weighted by atomic mass is 10.0. The number of hydrogen-bond acceptors (Lipinski definition) is 3. The van der Waals surface area contributed by atoms with E-state index in [1.54, 1.807) is 12.1 Å². The standard InChI is InChI=1S/C17H20FN3/c18-15-3-5-16(6-4-15)20-17-7-10-21(11-8-17)13-14-2-1-9-19-12-14/h1-6,9,12,17,20H,7-8,10-11,13H2. The minimum Gasteiger partial charge on any atom is -0.382 e. The zero-order chi connectivity index (χ0) is 14.5. The van der Waals surface area contributed by atoms with Crippen LogP contribution >= 0.6 is 0 Å². The number of nitrogens with zero attached hydrogens (tertiary/aromatic N) is 2. The van der Waals surface area contributed by atoms with Gasteiger partial charge in [-0.2, -0.15) is 0 Å². The van der Waals surface area contributed by atoms with Crippen LogP contribution in [0, 0.1) is 5.82 Å². The molecule has 0 aliphatic carbocycles. The topological polar surface area (TPSA) is 28.2 Å². The summed E-state index contributed by atoms with van der Waals surface area (Å²) < 4.78 is 12.9. The second-order valence-corrected chi connectivity index (χ2v) is 5.56. The number of likely N-dealkylation sites (tertiary alicyclic amines) is 1. The van der Waals surface area contributed by atoms with Gasteiger partial charge in [0.05, 0.1) is 0 Å². The average Bonchev–Trinajstić information content (AvgIpc) is 2.53. The van der Waals surface area contributed by atoms with Crippen molar-refractivity contribution in [3.8, 4) is 0 Å². The van der Waals surface area contributed by atoms with E-state index >= 15 is 0 Å². The van der Waals surface area contributed by atoms with Gasteiger partial charge in [-0.1, -0.05) is 6.07 Å². The first-order chi connectivity index (χ1) is 10.3. The molecule has 2 heterocycles. The minimum atomic E-state index is -0.188. The third-order valence-corrected chi connectivity index (χ3v) is 3.93. The zero-order valence-electron chi connectivity index (χ0n) is 12.0. The number of rotatable bonds is 4. The molecule has 1 fully saturated rings. The summed E-state index contributed by atoms with van der Waals surface area (Å²) in [6.07, 6.45) is 5.96. The third kappa shape index (κ3) is 4.02. The second kappa shape index (κ2) is 6.68. The van der Waals surface area contributed by atoms with E-state index in [-0.39, 0.29) is 5.82 Å². The molecule has 0 saturated carbocycles. The van der Waals surface area contributed by atoms with Crippen LogP contribution in [0.2, 0.25) is 0 Å². The van der Waals surface area contributed by atoms with Crippen LogP contribution in [0.15, 0.2) is 48.8 Å². The fourth-order valence-corrected chi connectivity index (χ4v) is 2.77. The molecule has 2 aromatic rings. The molecular weight excluding hydrogens is 265 g/mol. The highest BCUT2D eigenvalue weighted by atomic mass is 19.1. The predicted octanol–water partition coefficient (Wildman–Crippen LogP) is 3.30. The lowest BCUT2D eigenvalue weighted by Crippen LogP contribution is -2.38. The van der Waals surface area contributed by atoms with Crippen molar-refractivity contribution in [3.05, 3.63) is 60.2 Å². The lowest BCUT2D eigenvalue weighted by Gasteiger charge is -2.32. The summed E-state index contributed by atoms with van der Waals surface area (Å²) in [6.45, 7) is 3.12. The molecule has 4 heteroatoms. The number of aromatic nitrogens is 1. The van der Waals surface area contributed by atoms with E-state index in [1.807, 2.05) is 18.5 Å². The van der Waals surface area contributed by atoms with Crippen molar-refractivity contribution in [2.45, 2.75) is 25.4 Å². The molecule has 0 amide bonds. The molecule has 0 spiro atoms. The maximum Gasteiger partial charge on any atom is 0.123 e. The Kier molecular flexibility index (Phi) is 4.46. The molecule has 0 atom stereocenters. The lowest BCUT2D eigenvalue weighted by molar-refractivity contribution is 0.211. The van der Waals surface area contributed by atoms with Crippen LogP contribution in [0.4, 0.5) is 10.1 Å².